The number of anilines is 1. The van der Waals surface area contributed by atoms with Crippen LogP contribution in [-0.2, 0) is 4.79 Å². The Balaban J connectivity index is 1.76. The van der Waals surface area contributed by atoms with E-state index in [1.165, 1.54) is 11.1 Å². The van der Waals surface area contributed by atoms with Gasteiger partial charge in [-0.15, -0.1) is 0 Å². The lowest BCUT2D eigenvalue weighted by Crippen LogP contribution is -2.38. The molecule has 0 aliphatic carbocycles. The summed E-state index contributed by atoms with van der Waals surface area (Å²) >= 11 is 0. The number of hydrogen-bond donors (Lipinski definition) is 1. The number of aryl methyl sites for hydroxylation is 2. The van der Waals surface area contributed by atoms with E-state index in [-0.39, 0.29) is 5.91 Å². The smallest absolute Gasteiger partial charge is 0.224 e. The minimum absolute atomic E-state index is 0.286. The average Bonchev–Trinajstić information content (AvgIpc) is 2.38. The highest BCUT2D eigenvalue weighted by molar-refractivity contribution is 5.76. The molecule has 1 heterocycles. The molecule has 2 rings (SSSR count). The molecule has 110 valence electrons. The fraction of sp³-hybridized carbons (Fsp3) is 0.588. The van der Waals surface area contributed by atoms with Gasteiger partial charge in [-0.25, -0.2) is 0 Å². The van der Waals surface area contributed by atoms with Gasteiger partial charge in [-0.1, -0.05) is 13.0 Å². The zero-order valence-corrected chi connectivity index (χ0v) is 12.9. The Morgan fingerprint density at radius 1 is 1.20 bits per heavy atom. The number of carbonyl (C=O) groups is 1. The number of likely N-dealkylation sites (tertiary alicyclic amines) is 1. The summed E-state index contributed by atoms with van der Waals surface area (Å²) in [6, 6.07) is 6.41. The van der Waals surface area contributed by atoms with Gasteiger partial charge in [0.15, 0.2) is 0 Å². The van der Waals surface area contributed by atoms with Crippen LogP contribution in [0.4, 0.5) is 5.69 Å². The fourth-order valence-electron chi connectivity index (χ4n) is 2.81. The van der Waals surface area contributed by atoms with E-state index in [2.05, 4.69) is 44.3 Å². The number of amides is 1. The van der Waals surface area contributed by atoms with Crippen LogP contribution in [0.1, 0.15) is 37.3 Å². The number of piperidine rings is 1. The first-order valence-corrected chi connectivity index (χ1v) is 7.64. The highest BCUT2D eigenvalue weighted by atomic mass is 16.2. The number of nitrogens with zero attached hydrogens (tertiary/aromatic N) is 1. The molecule has 1 fully saturated rings. The van der Waals surface area contributed by atoms with Crippen molar-refractivity contribution in [2.45, 2.75) is 40.0 Å². The maximum atomic E-state index is 12.1. The first-order valence-electron chi connectivity index (χ1n) is 7.64. The molecule has 0 spiro atoms. The van der Waals surface area contributed by atoms with E-state index in [0.29, 0.717) is 13.0 Å². The van der Waals surface area contributed by atoms with Gasteiger partial charge in [0, 0.05) is 31.7 Å². The molecule has 0 bridgehead atoms. The van der Waals surface area contributed by atoms with E-state index >= 15 is 0 Å². The second kappa shape index (κ2) is 6.78. The SMILES string of the molecule is Cc1cc(C)cc(NCCC(=O)N2CCC(C)CC2)c1. The van der Waals surface area contributed by atoms with Crippen LogP contribution in [0, 0.1) is 19.8 Å². The number of rotatable bonds is 4. The Morgan fingerprint density at radius 2 is 1.80 bits per heavy atom. The van der Waals surface area contributed by atoms with Crippen molar-refractivity contribution < 1.29 is 4.79 Å². The molecule has 1 aliphatic heterocycles. The minimum Gasteiger partial charge on any atom is -0.385 e. The molecular formula is C17H26N2O. The van der Waals surface area contributed by atoms with Crippen LogP contribution in [0.25, 0.3) is 0 Å². The molecule has 1 aromatic rings. The molecule has 3 nitrogen and oxygen atoms in total. The summed E-state index contributed by atoms with van der Waals surface area (Å²) in [7, 11) is 0. The average molecular weight is 274 g/mol. The quantitative estimate of drug-likeness (QED) is 0.913. The van der Waals surface area contributed by atoms with E-state index in [4.69, 9.17) is 0 Å². The van der Waals surface area contributed by atoms with Gasteiger partial charge in [0.2, 0.25) is 5.91 Å². The van der Waals surface area contributed by atoms with E-state index in [0.717, 1.165) is 37.5 Å². The van der Waals surface area contributed by atoms with E-state index in [1.807, 2.05) is 4.90 Å². The molecule has 0 aromatic heterocycles. The van der Waals surface area contributed by atoms with Crippen molar-refractivity contribution in [2.24, 2.45) is 5.92 Å². The first-order chi connectivity index (χ1) is 9.54. The predicted octanol–water partition coefficient (Wildman–Crippen LogP) is 3.36. The summed E-state index contributed by atoms with van der Waals surface area (Å²) in [6.45, 7) is 9.04. The Kier molecular flexibility index (Phi) is 5.05. The van der Waals surface area contributed by atoms with Crippen molar-refractivity contribution in [1.29, 1.82) is 0 Å². The maximum Gasteiger partial charge on any atom is 0.224 e. The summed E-state index contributed by atoms with van der Waals surface area (Å²) in [5.41, 5.74) is 3.62. The molecule has 1 amide bonds. The second-order valence-electron chi connectivity index (χ2n) is 6.12. The van der Waals surface area contributed by atoms with Gasteiger partial charge >= 0.3 is 0 Å². The monoisotopic (exact) mass is 274 g/mol. The van der Waals surface area contributed by atoms with Gasteiger partial charge in [0.25, 0.3) is 0 Å². The molecule has 1 saturated heterocycles. The Morgan fingerprint density at radius 3 is 2.40 bits per heavy atom. The molecule has 0 unspecified atom stereocenters. The first kappa shape index (κ1) is 14.9. The Labute approximate surface area is 122 Å². The zero-order valence-electron chi connectivity index (χ0n) is 12.9. The number of benzene rings is 1. The predicted molar refractivity (Wildman–Crippen MR) is 84.0 cm³/mol. The van der Waals surface area contributed by atoms with Crippen molar-refractivity contribution >= 4 is 11.6 Å². The summed E-state index contributed by atoms with van der Waals surface area (Å²) in [6.07, 6.45) is 2.88. The van der Waals surface area contributed by atoms with E-state index in [9.17, 15) is 4.79 Å². The minimum atomic E-state index is 0.286. The van der Waals surface area contributed by atoms with Crippen molar-refractivity contribution in [3.05, 3.63) is 29.3 Å². The third-order valence-electron chi connectivity index (χ3n) is 4.03. The van der Waals surface area contributed by atoms with Crippen LogP contribution in [0.3, 0.4) is 0 Å². The third kappa shape index (κ3) is 4.26. The molecule has 1 N–H and O–H groups in total. The van der Waals surface area contributed by atoms with Crippen molar-refractivity contribution in [2.75, 3.05) is 25.0 Å². The van der Waals surface area contributed by atoms with Crippen LogP contribution in [-0.4, -0.2) is 30.4 Å². The van der Waals surface area contributed by atoms with Crippen LogP contribution in [0.15, 0.2) is 18.2 Å². The lowest BCUT2D eigenvalue weighted by molar-refractivity contribution is -0.132. The van der Waals surface area contributed by atoms with Crippen LogP contribution < -0.4 is 5.32 Å². The molecular weight excluding hydrogens is 248 g/mol. The van der Waals surface area contributed by atoms with Gasteiger partial charge in [-0.05, 0) is 55.9 Å². The molecule has 0 saturated carbocycles. The third-order valence-corrected chi connectivity index (χ3v) is 4.03. The highest BCUT2D eigenvalue weighted by Gasteiger charge is 2.19. The van der Waals surface area contributed by atoms with Gasteiger partial charge in [0.1, 0.15) is 0 Å². The van der Waals surface area contributed by atoms with Gasteiger partial charge in [0.05, 0.1) is 0 Å². The summed E-state index contributed by atoms with van der Waals surface area (Å²) in [5, 5.41) is 3.36. The second-order valence-corrected chi connectivity index (χ2v) is 6.12. The molecule has 1 aromatic carbocycles. The Bertz CT molecular complexity index is 442. The van der Waals surface area contributed by atoms with Gasteiger partial charge in [-0.3, -0.25) is 4.79 Å². The lowest BCUT2D eigenvalue weighted by atomic mass is 9.99. The van der Waals surface area contributed by atoms with Crippen LogP contribution in [0.2, 0.25) is 0 Å². The van der Waals surface area contributed by atoms with Crippen molar-refractivity contribution in [3.63, 3.8) is 0 Å². The van der Waals surface area contributed by atoms with Gasteiger partial charge in [-0.2, -0.15) is 0 Å². The van der Waals surface area contributed by atoms with Gasteiger partial charge < -0.3 is 10.2 Å². The summed E-state index contributed by atoms with van der Waals surface area (Å²) in [4.78, 5) is 14.1. The molecule has 1 aliphatic rings. The fourth-order valence-corrected chi connectivity index (χ4v) is 2.81. The number of hydrogen-bond acceptors (Lipinski definition) is 2. The maximum absolute atomic E-state index is 12.1. The highest BCUT2D eigenvalue weighted by Crippen LogP contribution is 2.17. The lowest BCUT2D eigenvalue weighted by Gasteiger charge is -2.30. The number of nitrogens with one attached hydrogen (secondary N) is 1. The molecule has 20 heavy (non-hydrogen) atoms. The molecule has 3 heteroatoms. The number of carbonyl (C=O) groups excluding carboxylic acids is 1. The van der Waals surface area contributed by atoms with Crippen LogP contribution in [0.5, 0.6) is 0 Å². The van der Waals surface area contributed by atoms with E-state index < -0.39 is 0 Å². The van der Waals surface area contributed by atoms with Crippen LogP contribution >= 0.6 is 0 Å². The summed E-state index contributed by atoms with van der Waals surface area (Å²) < 4.78 is 0. The largest absolute Gasteiger partial charge is 0.385 e. The normalized spacial score (nSPS) is 16.2. The zero-order chi connectivity index (χ0) is 14.5. The topological polar surface area (TPSA) is 32.3 Å². The standard InChI is InChI=1S/C17H26N2O/c1-13-5-8-19(9-6-13)17(20)4-7-18-16-11-14(2)10-15(3)12-16/h10-13,18H,4-9H2,1-3H3. The molecule has 0 radical (unpaired) electrons. The summed E-state index contributed by atoms with van der Waals surface area (Å²) in [5.74, 6) is 1.06. The Hall–Kier alpha value is -1.51. The molecule has 0 atom stereocenters. The van der Waals surface area contributed by atoms with E-state index in [1.54, 1.807) is 0 Å². The van der Waals surface area contributed by atoms with Crippen molar-refractivity contribution in [3.8, 4) is 0 Å². The van der Waals surface area contributed by atoms with Crippen molar-refractivity contribution in [1.82, 2.24) is 4.90 Å².